The highest BCUT2D eigenvalue weighted by Gasteiger charge is 2.32. The van der Waals surface area contributed by atoms with E-state index in [4.69, 9.17) is 14.1 Å². The van der Waals surface area contributed by atoms with Gasteiger partial charge in [0.2, 0.25) is 0 Å². The van der Waals surface area contributed by atoms with E-state index in [0.29, 0.717) is 45.9 Å². The van der Waals surface area contributed by atoms with Crippen molar-refractivity contribution in [3.8, 4) is 17.0 Å². The number of nitrogens with zero attached hydrogens (tertiary/aromatic N) is 3. The van der Waals surface area contributed by atoms with Crippen molar-refractivity contribution < 1.29 is 22.4 Å². The summed E-state index contributed by atoms with van der Waals surface area (Å²) in [4.78, 5) is 18.1. The van der Waals surface area contributed by atoms with Crippen LogP contribution in [0, 0.1) is 6.92 Å². The highest BCUT2D eigenvalue weighted by molar-refractivity contribution is 7.91. The summed E-state index contributed by atoms with van der Waals surface area (Å²) in [6.07, 6.45) is 2.02. The zero-order valence-electron chi connectivity index (χ0n) is 18.8. The van der Waals surface area contributed by atoms with Gasteiger partial charge in [-0.05, 0) is 55.8 Å². The Kier molecular flexibility index (Phi) is 5.60. The molecule has 0 unspecified atom stereocenters. The lowest BCUT2D eigenvalue weighted by Crippen LogP contribution is -2.23. The number of sulfone groups is 1. The number of aromatic nitrogens is 3. The topological polar surface area (TPSA) is 116 Å². The molecule has 1 saturated heterocycles. The lowest BCUT2D eigenvalue weighted by molar-refractivity contribution is 0.0949. The van der Waals surface area contributed by atoms with E-state index in [1.807, 2.05) is 24.3 Å². The van der Waals surface area contributed by atoms with Gasteiger partial charge in [-0.1, -0.05) is 0 Å². The molecule has 1 N–H and O–H groups in total. The van der Waals surface area contributed by atoms with Crippen molar-refractivity contribution in [2.45, 2.75) is 25.9 Å². The number of methoxy groups -OCH3 is 1. The highest BCUT2D eigenvalue weighted by Crippen LogP contribution is 2.32. The van der Waals surface area contributed by atoms with E-state index in [9.17, 15) is 13.2 Å². The predicted octanol–water partition coefficient (Wildman–Crippen LogP) is 3.30. The van der Waals surface area contributed by atoms with E-state index in [2.05, 4.69) is 10.4 Å². The fraction of sp³-hybridized carbons (Fsp3) is 0.292. The molecule has 1 aromatic carbocycles. The minimum atomic E-state index is -3.13. The zero-order valence-corrected chi connectivity index (χ0v) is 19.6. The predicted molar refractivity (Wildman–Crippen MR) is 126 cm³/mol. The van der Waals surface area contributed by atoms with Crippen molar-refractivity contribution in [3.63, 3.8) is 0 Å². The first kappa shape index (κ1) is 22.1. The molecule has 34 heavy (non-hydrogen) atoms. The average molecular weight is 481 g/mol. The smallest absolute Gasteiger partial charge is 0.252 e. The average Bonchev–Trinajstić information content (AvgIpc) is 3.56. The largest absolute Gasteiger partial charge is 0.497 e. The van der Waals surface area contributed by atoms with Gasteiger partial charge < -0.3 is 14.5 Å². The molecule has 0 spiro atoms. The van der Waals surface area contributed by atoms with Crippen LogP contribution in [0.3, 0.4) is 0 Å². The van der Waals surface area contributed by atoms with Crippen molar-refractivity contribution in [1.29, 1.82) is 0 Å². The lowest BCUT2D eigenvalue weighted by atomic mass is 10.0. The molecule has 176 valence electrons. The van der Waals surface area contributed by atoms with Gasteiger partial charge in [-0.3, -0.25) is 4.79 Å². The maximum atomic E-state index is 13.3. The van der Waals surface area contributed by atoms with Gasteiger partial charge in [0.05, 0.1) is 59.8 Å². The fourth-order valence-corrected chi connectivity index (χ4v) is 5.99. The Labute approximate surface area is 196 Å². The molecular formula is C24H24N4O5S. The number of carbonyl (C=O) groups is 1. The summed E-state index contributed by atoms with van der Waals surface area (Å²) in [6.45, 7) is 2.04. The molecule has 1 aliphatic rings. The molecule has 1 amide bonds. The molecule has 4 aromatic rings. The number of hydrogen-bond acceptors (Lipinski definition) is 7. The molecule has 0 aliphatic carbocycles. The fourth-order valence-electron chi connectivity index (χ4n) is 4.30. The monoisotopic (exact) mass is 480 g/mol. The summed E-state index contributed by atoms with van der Waals surface area (Å²) in [5.41, 5.74) is 2.92. The van der Waals surface area contributed by atoms with Gasteiger partial charge in [0.25, 0.3) is 5.91 Å². The third kappa shape index (κ3) is 4.16. The Morgan fingerprint density at radius 1 is 1.26 bits per heavy atom. The second-order valence-corrected chi connectivity index (χ2v) is 10.6. The molecule has 10 heteroatoms. The Bertz CT molecular complexity index is 1460. The number of ether oxygens (including phenoxy) is 1. The Hall–Kier alpha value is -3.66. The van der Waals surface area contributed by atoms with Gasteiger partial charge >= 0.3 is 0 Å². The minimum absolute atomic E-state index is 0.0116. The van der Waals surface area contributed by atoms with Crippen molar-refractivity contribution in [2.75, 3.05) is 18.6 Å². The summed E-state index contributed by atoms with van der Waals surface area (Å²) in [5, 5.41) is 8.13. The first-order chi connectivity index (χ1) is 16.3. The molecular weight excluding hydrogens is 456 g/mol. The molecule has 0 radical (unpaired) electrons. The van der Waals surface area contributed by atoms with Crippen LogP contribution >= 0.6 is 0 Å². The summed E-state index contributed by atoms with van der Waals surface area (Å²) in [7, 11) is -1.53. The van der Waals surface area contributed by atoms with Crippen LogP contribution in [0.4, 0.5) is 0 Å². The van der Waals surface area contributed by atoms with Crippen LogP contribution in [-0.4, -0.2) is 47.7 Å². The normalized spacial score (nSPS) is 17.2. The number of amides is 1. The number of carbonyl (C=O) groups excluding carboxylic acids is 1. The molecule has 9 nitrogen and oxygen atoms in total. The van der Waals surface area contributed by atoms with Crippen molar-refractivity contribution in [2.24, 2.45) is 0 Å². The Balaban J connectivity index is 1.63. The third-order valence-electron chi connectivity index (χ3n) is 6.02. The number of hydrogen-bond donors (Lipinski definition) is 1. The number of benzene rings is 1. The number of pyridine rings is 1. The summed E-state index contributed by atoms with van der Waals surface area (Å²) < 4.78 is 36.5. The van der Waals surface area contributed by atoms with E-state index in [-0.39, 0.29) is 30.0 Å². The van der Waals surface area contributed by atoms with Crippen molar-refractivity contribution >= 4 is 26.8 Å². The number of furan rings is 1. The minimum Gasteiger partial charge on any atom is -0.497 e. The van der Waals surface area contributed by atoms with E-state index in [1.54, 1.807) is 43.2 Å². The molecule has 5 rings (SSSR count). The van der Waals surface area contributed by atoms with E-state index >= 15 is 0 Å². The highest BCUT2D eigenvalue weighted by atomic mass is 32.2. The third-order valence-corrected chi connectivity index (χ3v) is 7.78. The summed E-state index contributed by atoms with van der Waals surface area (Å²) in [5.74, 6) is 1.18. The first-order valence-electron chi connectivity index (χ1n) is 10.9. The SMILES string of the molecule is COc1ccc(-c2cc(C(=O)NCc3ccco3)c3c(C)nn([C@@H]4CCS(=O)(=O)C4)c3n2)cc1. The van der Waals surface area contributed by atoms with Crippen LogP contribution in [0.15, 0.2) is 53.1 Å². The van der Waals surface area contributed by atoms with Crippen LogP contribution < -0.4 is 10.1 Å². The second kappa shape index (κ2) is 8.60. The van der Waals surface area contributed by atoms with Crippen LogP contribution in [-0.2, 0) is 16.4 Å². The number of nitrogens with one attached hydrogen (secondary N) is 1. The standard InChI is InChI=1S/C24H24N4O5S/c1-15-22-20(24(29)25-13-19-4-3-10-33-19)12-21(16-5-7-18(32-2)8-6-16)26-23(22)28(27-15)17-9-11-34(30,31)14-17/h3-8,10,12,17H,9,11,13-14H2,1-2H3,(H,25,29)/t17-/m1/s1. The van der Waals surface area contributed by atoms with E-state index in [0.717, 1.165) is 5.56 Å². The number of rotatable bonds is 6. The van der Waals surface area contributed by atoms with E-state index < -0.39 is 9.84 Å². The maximum Gasteiger partial charge on any atom is 0.252 e. The van der Waals surface area contributed by atoms with Gasteiger partial charge in [0.1, 0.15) is 11.5 Å². The van der Waals surface area contributed by atoms with Gasteiger partial charge in [-0.25, -0.2) is 18.1 Å². The first-order valence-corrected chi connectivity index (χ1v) is 12.7. The van der Waals surface area contributed by atoms with E-state index in [1.165, 1.54) is 0 Å². The Morgan fingerprint density at radius 2 is 2.06 bits per heavy atom. The number of aryl methyl sites for hydroxylation is 1. The van der Waals surface area contributed by atoms with Gasteiger partial charge in [-0.15, -0.1) is 0 Å². The number of fused-ring (bicyclic) bond motifs is 1. The van der Waals surface area contributed by atoms with Gasteiger partial charge in [0, 0.05) is 5.56 Å². The molecule has 1 atom stereocenters. The van der Waals surface area contributed by atoms with Crippen molar-refractivity contribution in [3.05, 3.63) is 65.7 Å². The van der Waals surface area contributed by atoms with Crippen LogP contribution in [0.2, 0.25) is 0 Å². The summed E-state index contributed by atoms with van der Waals surface area (Å²) in [6, 6.07) is 12.3. The molecule has 4 heterocycles. The molecule has 1 aliphatic heterocycles. The van der Waals surface area contributed by atoms with Gasteiger partial charge in [-0.2, -0.15) is 5.10 Å². The van der Waals surface area contributed by atoms with Crippen LogP contribution in [0.5, 0.6) is 5.75 Å². The van der Waals surface area contributed by atoms with Crippen LogP contribution in [0.1, 0.15) is 34.3 Å². The molecule has 3 aromatic heterocycles. The van der Waals surface area contributed by atoms with Gasteiger partial charge in [0.15, 0.2) is 15.5 Å². The maximum absolute atomic E-state index is 13.3. The molecule has 0 saturated carbocycles. The second-order valence-electron chi connectivity index (χ2n) is 8.33. The quantitative estimate of drug-likeness (QED) is 0.450. The Morgan fingerprint density at radius 3 is 2.71 bits per heavy atom. The zero-order chi connectivity index (χ0) is 23.9. The molecule has 0 bridgehead atoms. The van der Waals surface area contributed by atoms with Crippen LogP contribution in [0.25, 0.3) is 22.3 Å². The molecule has 1 fully saturated rings. The summed E-state index contributed by atoms with van der Waals surface area (Å²) >= 11 is 0. The van der Waals surface area contributed by atoms with Crippen molar-refractivity contribution in [1.82, 2.24) is 20.1 Å². The lowest BCUT2D eigenvalue weighted by Gasteiger charge is -2.12.